The van der Waals surface area contributed by atoms with Gasteiger partial charge in [0.1, 0.15) is 0 Å². The molecule has 0 spiro atoms. The van der Waals surface area contributed by atoms with Gasteiger partial charge in [0.15, 0.2) is 5.78 Å². The smallest absolute Gasteiger partial charge is 0.319 e. The highest BCUT2D eigenvalue weighted by atomic mass is 16.2. The lowest BCUT2D eigenvalue weighted by Crippen LogP contribution is -2.30. The van der Waals surface area contributed by atoms with Crippen LogP contribution in [0.1, 0.15) is 35.6 Å². The van der Waals surface area contributed by atoms with Crippen molar-refractivity contribution in [1.29, 1.82) is 0 Å². The molecular weight excluding hydrogens is 304 g/mol. The molecule has 0 bridgehead atoms. The number of carbonyl (C=O) groups is 2. The van der Waals surface area contributed by atoms with Crippen LogP contribution in [0.3, 0.4) is 0 Å². The first-order valence-electron chi connectivity index (χ1n) is 7.92. The van der Waals surface area contributed by atoms with Gasteiger partial charge < -0.3 is 10.6 Å². The van der Waals surface area contributed by atoms with Gasteiger partial charge in [-0.15, -0.1) is 0 Å². The minimum atomic E-state index is -0.293. The molecule has 24 heavy (non-hydrogen) atoms. The highest BCUT2D eigenvalue weighted by Crippen LogP contribution is 2.13. The summed E-state index contributed by atoms with van der Waals surface area (Å²) in [7, 11) is 0. The van der Waals surface area contributed by atoms with Gasteiger partial charge in [-0.05, 0) is 31.2 Å². The number of aryl methyl sites for hydroxylation is 1. The van der Waals surface area contributed by atoms with Crippen LogP contribution in [0.2, 0.25) is 0 Å². The third-order valence-corrected chi connectivity index (χ3v) is 3.42. The van der Waals surface area contributed by atoms with E-state index in [4.69, 9.17) is 0 Å². The normalized spacial score (nSPS) is 10.5. The summed E-state index contributed by atoms with van der Waals surface area (Å²) < 4.78 is 0. The third-order valence-electron chi connectivity index (χ3n) is 3.42. The van der Waals surface area contributed by atoms with Crippen LogP contribution in [0.15, 0.2) is 36.7 Å². The average molecular weight is 326 g/mol. The van der Waals surface area contributed by atoms with Crippen molar-refractivity contribution < 1.29 is 9.59 Å². The van der Waals surface area contributed by atoms with Gasteiger partial charge in [-0.25, -0.2) is 4.79 Å². The highest BCUT2D eigenvalue weighted by Gasteiger charge is 2.10. The van der Waals surface area contributed by atoms with E-state index in [9.17, 15) is 9.59 Å². The molecule has 0 unspecified atom stereocenters. The van der Waals surface area contributed by atoms with Crippen molar-refractivity contribution in [2.45, 2.75) is 27.2 Å². The van der Waals surface area contributed by atoms with Crippen LogP contribution in [0.25, 0.3) is 0 Å². The van der Waals surface area contributed by atoms with E-state index < -0.39 is 0 Å². The minimum absolute atomic E-state index is 0.0446. The number of nitrogens with one attached hydrogen (secondary N) is 2. The van der Waals surface area contributed by atoms with Crippen LogP contribution in [0, 0.1) is 12.8 Å². The summed E-state index contributed by atoms with van der Waals surface area (Å²) in [5.41, 5.74) is 2.98. The number of ketones is 1. The van der Waals surface area contributed by atoms with E-state index in [1.54, 1.807) is 36.7 Å². The summed E-state index contributed by atoms with van der Waals surface area (Å²) in [6.07, 6.45) is 4.00. The van der Waals surface area contributed by atoms with Crippen molar-refractivity contribution in [3.63, 3.8) is 0 Å². The first kappa shape index (κ1) is 17.6. The molecule has 0 atom stereocenters. The SMILES string of the molecule is Cc1cncc(CCNC(=O)Nc2ccc(C(=O)C(C)C)cc2)n1. The number of hydrogen-bond donors (Lipinski definition) is 2. The molecule has 0 saturated carbocycles. The zero-order valence-corrected chi connectivity index (χ0v) is 14.2. The van der Waals surface area contributed by atoms with Gasteiger partial charge in [-0.2, -0.15) is 0 Å². The van der Waals surface area contributed by atoms with Crippen molar-refractivity contribution in [3.05, 3.63) is 53.6 Å². The number of benzene rings is 1. The predicted molar refractivity (Wildman–Crippen MR) is 93.1 cm³/mol. The number of Topliss-reactive ketones (excluding diaryl/α,β-unsaturated/α-hetero) is 1. The van der Waals surface area contributed by atoms with Gasteiger partial charge in [-0.3, -0.25) is 14.8 Å². The number of aromatic nitrogens is 2. The zero-order valence-electron chi connectivity index (χ0n) is 14.2. The fraction of sp³-hybridized carbons (Fsp3) is 0.333. The Morgan fingerprint density at radius 2 is 1.83 bits per heavy atom. The molecule has 6 nitrogen and oxygen atoms in total. The van der Waals surface area contributed by atoms with E-state index in [2.05, 4.69) is 20.6 Å². The molecule has 1 heterocycles. The van der Waals surface area contributed by atoms with Gasteiger partial charge in [-0.1, -0.05) is 13.8 Å². The van der Waals surface area contributed by atoms with Crippen LogP contribution in [-0.2, 0) is 6.42 Å². The van der Waals surface area contributed by atoms with Crippen molar-refractivity contribution in [1.82, 2.24) is 15.3 Å². The number of amides is 2. The summed E-state index contributed by atoms with van der Waals surface area (Å²) in [5, 5.41) is 5.51. The summed E-state index contributed by atoms with van der Waals surface area (Å²) in [6, 6.07) is 6.60. The largest absolute Gasteiger partial charge is 0.337 e. The summed E-state index contributed by atoms with van der Waals surface area (Å²) in [6.45, 7) is 6.07. The molecule has 0 aliphatic heterocycles. The van der Waals surface area contributed by atoms with Gasteiger partial charge >= 0.3 is 6.03 Å². The Morgan fingerprint density at radius 1 is 1.12 bits per heavy atom. The first-order chi connectivity index (χ1) is 11.5. The zero-order chi connectivity index (χ0) is 17.5. The predicted octanol–water partition coefficient (Wildman–Crippen LogP) is 2.99. The van der Waals surface area contributed by atoms with E-state index in [-0.39, 0.29) is 17.7 Å². The molecule has 6 heteroatoms. The van der Waals surface area contributed by atoms with Crippen LogP contribution < -0.4 is 10.6 Å². The van der Waals surface area contributed by atoms with Crippen LogP contribution in [0.5, 0.6) is 0 Å². The summed E-state index contributed by atoms with van der Waals surface area (Å²) in [5.74, 6) is 0.0436. The van der Waals surface area contributed by atoms with E-state index in [0.29, 0.717) is 24.2 Å². The third kappa shape index (κ3) is 5.15. The molecule has 0 aliphatic carbocycles. The highest BCUT2D eigenvalue weighted by molar-refractivity contribution is 5.98. The lowest BCUT2D eigenvalue weighted by atomic mass is 10.0. The topological polar surface area (TPSA) is 84.0 Å². The number of urea groups is 1. The Balaban J connectivity index is 1.81. The van der Waals surface area contributed by atoms with Gasteiger partial charge in [0.05, 0.1) is 11.4 Å². The monoisotopic (exact) mass is 326 g/mol. The molecular formula is C18H22N4O2. The molecule has 2 rings (SSSR count). The lowest BCUT2D eigenvalue weighted by molar-refractivity contribution is 0.0939. The standard InChI is InChI=1S/C18H22N4O2/c1-12(2)17(23)14-4-6-15(7-5-14)22-18(24)20-9-8-16-11-19-10-13(3)21-16/h4-7,10-12H,8-9H2,1-3H3,(H2,20,22,24). The van der Waals surface area contributed by atoms with Crippen molar-refractivity contribution >= 4 is 17.5 Å². The van der Waals surface area contributed by atoms with E-state index in [1.807, 2.05) is 20.8 Å². The van der Waals surface area contributed by atoms with Crippen LogP contribution >= 0.6 is 0 Å². The fourth-order valence-electron chi connectivity index (χ4n) is 2.17. The molecule has 0 fully saturated rings. The number of anilines is 1. The Kier molecular flexibility index (Phi) is 6.01. The molecule has 0 radical (unpaired) electrons. The Bertz CT molecular complexity index is 711. The minimum Gasteiger partial charge on any atom is -0.337 e. The second-order valence-electron chi connectivity index (χ2n) is 5.88. The molecule has 0 aliphatic rings. The quantitative estimate of drug-likeness (QED) is 0.799. The maximum atomic E-state index is 11.9. The van der Waals surface area contributed by atoms with Crippen molar-refractivity contribution in [2.75, 3.05) is 11.9 Å². The van der Waals surface area contributed by atoms with Crippen molar-refractivity contribution in [2.24, 2.45) is 5.92 Å². The molecule has 0 saturated heterocycles. The van der Waals surface area contributed by atoms with Crippen LogP contribution in [-0.4, -0.2) is 28.3 Å². The lowest BCUT2D eigenvalue weighted by Gasteiger charge is -2.09. The van der Waals surface area contributed by atoms with Gasteiger partial charge in [0.25, 0.3) is 0 Å². The molecule has 2 N–H and O–H groups in total. The second kappa shape index (κ2) is 8.19. The number of rotatable bonds is 6. The van der Waals surface area contributed by atoms with Gasteiger partial charge in [0, 0.05) is 42.5 Å². The number of nitrogens with zero attached hydrogens (tertiary/aromatic N) is 2. The average Bonchev–Trinajstić information content (AvgIpc) is 2.55. The van der Waals surface area contributed by atoms with Crippen molar-refractivity contribution in [3.8, 4) is 0 Å². The van der Waals surface area contributed by atoms with Crippen LogP contribution in [0.4, 0.5) is 10.5 Å². The maximum Gasteiger partial charge on any atom is 0.319 e. The number of hydrogen-bond acceptors (Lipinski definition) is 4. The number of carbonyl (C=O) groups excluding carboxylic acids is 2. The summed E-state index contributed by atoms with van der Waals surface area (Å²) in [4.78, 5) is 32.1. The molecule has 1 aromatic heterocycles. The van der Waals surface area contributed by atoms with Gasteiger partial charge in [0.2, 0.25) is 0 Å². The second-order valence-corrected chi connectivity index (χ2v) is 5.88. The Labute approximate surface area is 141 Å². The van der Waals surface area contributed by atoms with E-state index in [1.165, 1.54) is 0 Å². The van der Waals surface area contributed by atoms with E-state index in [0.717, 1.165) is 11.4 Å². The Morgan fingerprint density at radius 3 is 2.46 bits per heavy atom. The maximum absolute atomic E-state index is 11.9. The molecule has 2 aromatic rings. The molecule has 1 aromatic carbocycles. The molecule has 2 amide bonds. The molecule has 126 valence electrons. The fourth-order valence-corrected chi connectivity index (χ4v) is 2.17. The first-order valence-corrected chi connectivity index (χ1v) is 7.92. The summed E-state index contributed by atoms with van der Waals surface area (Å²) >= 11 is 0. The van der Waals surface area contributed by atoms with E-state index >= 15 is 0 Å². The Hall–Kier alpha value is -2.76.